The van der Waals surface area contributed by atoms with Crippen molar-refractivity contribution in [2.45, 2.75) is 0 Å². The zero-order valence-electron chi connectivity index (χ0n) is 16.8. The van der Waals surface area contributed by atoms with Crippen LogP contribution < -0.4 is 14.8 Å². The zero-order chi connectivity index (χ0) is 22.2. The number of nitrogens with one attached hydrogen (secondary N) is 1. The maximum Gasteiger partial charge on any atom is 0.262 e. The van der Waals surface area contributed by atoms with Gasteiger partial charge in [-0.05, 0) is 48.0 Å². The molecule has 164 valence electrons. The maximum absolute atomic E-state index is 12.3. The minimum Gasteiger partial charge on any atom is -0.493 e. The number of rotatable bonds is 7. The Labute approximate surface area is 201 Å². The highest BCUT2D eigenvalue weighted by Crippen LogP contribution is 2.31. The van der Waals surface area contributed by atoms with E-state index in [2.05, 4.69) is 16.4 Å². The number of nitrogens with zero attached hydrogens (tertiary/aromatic N) is 2. The number of hydrogen-bond acceptors (Lipinski definition) is 5. The van der Waals surface area contributed by atoms with E-state index in [1.807, 2.05) is 6.07 Å². The first-order valence-electron chi connectivity index (χ1n) is 9.09. The lowest BCUT2D eigenvalue weighted by Gasteiger charge is -2.13. The number of hydrogen-bond donors (Lipinski definition) is 1. The van der Waals surface area contributed by atoms with Crippen molar-refractivity contribution in [3.05, 3.63) is 82.1 Å². The summed E-state index contributed by atoms with van der Waals surface area (Å²) in [6, 6.07) is 17.5. The molecule has 32 heavy (non-hydrogen) atoms. The van der Waals surface area contributed by atoms with Gasteiger partial charge in [0.2, 0.25) is 0 Å². The van der Waals surface area contributed by atoms with Crippen LogP contribution in [0.15, 0.2) is 60.8 Å². The first kappa shape index (κ1) is 25.0. The van der Waals surface area contributed by atoms with Gasteiger partial charge >= 0.3 is 0 Å². The Hall–Kier alpha value is -3.24. The van der Waals surface area contributed by atoms with E-state index >= 15 is 0 Å². The number of para-hydroxylation sites is 1. The van der Waals surface area contributed by atoms with Gasteiger partial charge in [-0.1, -0.05) is 41.4 Å². The van der Waals surface area contributed by atoms with E-state index in [0.29, 0.717) is 38.5 Å². The molecule has 9 heteroatoms. The number of carbonyl (C=O) groups is 1. The summed E-state index contributed by atoms with van der Waals surface area (Å²) in [5.41, 5.74) is 2.02. The van der Waals surface area contributed by atoms with E-state index in [-0.39, 0.29) is 19.0 Å². The van der Waals surface area contributed by atoms with Crippen LogP contribution in [0.1, 0.15) is 11.3 Å². The van der Waals surface area contributed by atoms with Gasteiger partial charge in [-0.3, -0.25) is 9.78 Å². The number of allylic oxidation sites excluding steroid dienone is 1. The van der Waals surface area contributed by atoms with Crippen LogP contribution in [0.5, 0.6) is 11.5 Å². The predicted octanol–water partition coefficient (Wildman–Crippen LogP) is 5.90. The molecular weight excluding hydrogens is 473 g/mol. The molecule has 2 aromatic carbocycles. The Balaban J connectivity index is 0.00000363. The molecule has 0 saturated heterocycles. The predicted molar refractivity (Wildman–Crippen MR) is 129 cm³/mol. The summed E-state index contributed by atoms with van der Waals surface area (Å²) in [5, 5.41) is 12.7. The number of pyridine rings is 1. The van der Waals surface area contributed by atoms with Gasteiger partial charge in [-0.2, -0.15) is 5.26 Å². The molecule has 0 saturated carbocycles. The number of nitriles is 1. The Kier molecular flexibility index (Phi) is 9.36. The van der Waals surface area contributed by atoms with Crippen LogP contribution in [0.25, 0.3) is 11.6 Å². The summed E-state index contributed by atoms with van der Waals surface area (Å²) >= 11 is 12.1. The summed E-state index contributed by atoms with van der Waals surface area (Å²) < 4.78 is 11.0. The largest absolute Gasteiger partial charge is 0.493 e. The second-order valence-corrected chi connectivity index (χ2v) is 7.04. The smallest absolute Gasteiger partial charge is 0.262 e. The van der Waals surface area contributed by atoms with Crippen LogP contribution in [-0.4, -0.2) is 24.6 Å². The molecule has 0 aliphatic heterocycles. The molecule has 1 N–H and O–H groups in total. The van der Waals surface area contributed by atoms with Gasteiger partial charge in [0.1, 0.15) is 6.07 Å². The lowest BCUT2D eigenvalue weighted by molar-refractivity contribution is -0.118. The molecule has 1 aromatic heterocycles. The van der Waals surface area contributed by atoms with Crippen molar-refractivity contribution in [1.29, 1.82) is 5.26 Å². The molecule has 0 radical (unpaired) electrons. The highest BCUT2D eigenvalue weighted by molar-refractivity contribution is 6.39. The Morgan fingerprint density at radius 1 is 1.12 bits per heavy atom. The van der Waals surface area contributed by atoms with Crippen LogP contribution in [0.3, 0.4) is 0 Å². The second kappa shape index (κ2) is 12.0. The third-order valence-electron chi connectivity index (χ3n) is 4.15. The van der Waals surface area contributed by atoms with Crippen LogP contribution >= 0.6 is 35.6 Å². The van der Waals surface area contributed by atoms with Gasteiger partial charge in [0, 0.05) is 6.20 Å². The quantitative estimate of drug-likeness (QED) is 0.417. The first-order chi connectivity index (χ1) is 15.0. The molecule has 0 fully saturated rings. The molecule has 0 atom stereocenters. The van der Waals surface area contributed by atoms with Gasteiger partial charge in [-0.25, -0.2) is 0 Å². The van der Waals surface area contributed by atoms with Gasteiger partial charge < -0.3 is 14.8 Å². The average Bonchev–Trinajstić information content (AvgIpc) is 2.79. The van der Waals surface area contributed by atoms with Gasteiger partial charge in [0.25, 0.3) is 5.91 Å². The van der Waals surface area contributed by atoms with Gasteiger partial charge in [0.15, 0.2) is 18.1 Å². The van der Waals surface area contributed by atoms with E-state index in [1.54, 1.807) is 60.8 Å². The fourth-order valence-corrected chi connectivity index (χ4v) is 3.17. The lowest BCUT2D eigenvalue weighted by atomic mass is 10.1. The molecular formula is C23H18Cl3N3O3. The van der Waals surface area contributed by atoms with Crippen molar-refractivity contribution in [1.82, 2.24) is 4.98 Å². The number of carbonyl (C=O) groups excluding carboxylic acids is 1. The molecule has 3 rings (SSSR count). The second-order valence-electron chi connectivity index (χ2n) is 6.23. The highest BCUT2D eigenvalue weighted by atomic mass is 35.5. The summed E-state index contributed by atoms with van der Waals surface area (Å²) in [5.74, 6) is 0.356. The van der Waals surface area contributed by atoms with Crippen LogP contribution in [-0.2, 0) is 4.79 Å². The maximum atomic E-state index is 12.3. The molecule has 0 bridgehead atoms. The number of methoxy groups -OCH3 is 1. The van der Waals surface area contributed by atoms with Crippen LogP contribution in [0, 0.1) is 11.3 Å². The minimum atomic E-state index is -0.428. The number of benzene rings is 2. The zero-order valence-corrected chi connectivity index (χ0v) is 19.2. The van der Waals surface area contributed by atoms with Crippen molar-refractivity contribution >= 4 is 58.9 Å². The molecule has 0 spiro atoms. The number of aromatic nitrogens is 1. The Morgan fingerprint density at radius 2 is 1.88 bits per heavy atom. The fraction of sp³-hybridized carbons (Fsp3) is 0.0870. The normalized spacial score (nSPS) is 10.5. The Morgan fingerprint density at radius 3 is 2.50 bits per heavy atom. The van der Waals surface area contributed by atoms with E-state index in [1.165, 1.54) is 7.11 Å². The van der Waals surface area contributed by atoms with Crippen molar-refractivity contribution in [2.75, 3.05) is 19.0 Å². The molecule has 0 aliphatic rings. The van der Waals surface area contributed by atoms with E-state index < -0.39 is 5.91 Å². The number of ether oxygens (including phenoxy) is 2. The van der Waals surface area contributed by atoms with Crippen LogP contribution in [0.2, 0.25) is 10.0 Å². The molecule has 1 heterocycles. The lowest BCUT2D eigenvalue weighted by Crippen LogP contribution is -2.20. The molecule has 0 unspecified atom stereocenters. The molecule has 6 nitrogen and oxygen atoms in total. The first-order valence-corrected chi connectivity index (χ1v) is 9.85. The molecule has 1 amide bonds. The third kappa shape index (κ3) is 6.38. The number of anilines is 1. The van der Waals surface area contributed by atoms with E-state index in [0.717, 1.165) is 5.56 Å². The van der Waals surface area contributed by atoms with E-state index in [4.69, 9.17) is 32.7 Å². The van der Waals surface area contributed by atoms with Gasteiger partial charge in [0.05, 0.1) is 34.1 Å². The highest BCUT2D eigenvalue weighted by Gasteiger charge is 2.12. The van der Waals surface area contributed by atoms with Gasteiger partial charge in [-0.15, -0.1) is 12.4 Å². The van der Waals surface area contributed by atoms with E-state index in [9.17, 15) is 10.1 Å². The summed E-state index contributed by atoms with van der Waals surface area (Å²) in [6.45, 7) is -0.273. The summed E-state index contributed by atoms with van der Waals surface area (Å²) in [4.78, 5) is 16.4. The average molecular weight is 491 g/mol. The minimum absolute atomic E-state index is 0. The van der Waals surface area contributed by atoms with Crippen LogP contribution in [0.4, 0.5) is 5.69 Å². The SMILES string of the molecule is COc1cc(C=C(C#N)c2ccccn2)ccc1OCC(=O)Nc1c(Cl)cccc1Cl.Cl. The van der Waals surface area contributed by atoms with Crippen molar-refractivity contribution in [3.63, 3.8) is 0 Å². The number of amides is 1. The summed E-state index contributed by atoms with van der Waals surface area (Å²) in [6.07, 6.45) is 3.32. The van der Waals surface area contributed by atoms with Crippen molar-refractivity contribution in [3.8, 4) is 17.6 Å². The summed E-state index contributed by atoms with van der Waals surface area (Å²) in [7, 11) is 1.49. The molecule has 0 aliphatic carbocycles. The fourth-order valence-electron chi connectivity index (χ4n) is 2.68. The monoisotopic (exact) mass is 489 g/mol. The van der Waals surface area contributed by atoms with Crippen molar-refractivity contribution in [2.24, 2.45) is 0 Å². The standard InChI is InChI=1S/C23H17Cl2N3O3.ClH/c1-30-21-12-15(11-16(13-26)19-7-2-3-10-27-19)8-9-20(21)31-14-22(29)28-23-17(24)5-4-6-18(23)25;/h2-12H,14H2,1H3,(H,28,29);1H. The van der Waals surface area contributed by atoms with Crippen molar-refractivity contribution < 1.29 is 14.3 Å². The molecule has 3 aromatic rings. The third-order valence-corrected chi connectivity index (χ3v) is 4.78. The topological polar surface area (TPSA) is 84.2 Å². The Bertz CT molecular complexity index is 1140. The number of halogens is 3.